The van der Waals surface area contributed by atoms with E-state index >= 15 is 0 Å². The first-order chi connectivity index (χ1) is 21.8. The van der Waals surface area contributed by atoms with Crippen LogP contribution in [0.2, 0.25) is 0 Å². The van der Waals surface area contributed by atoms with E-state index in [4.69, 9.17) is 0 Å². The molecule has 5 N–H and O–H groups in total. The molecule has 2 heterocycles. The van der Waals surface area contributed by atoms with Gasteiger partial charge in [-0.2, -0.15) is 0 Å². The highest BCUT2D eigenvalue weighted by atomic mass is 19.1. The number of hydrogen-bond acceptors (Lipinski definition) is 8. The molecule has 2 aromatic carbocycles. The lowest BCUT2D eigenvalue weighted by molar-refractivity contribution is 0.0928. The number of para-hydroxylation sites is 1. The second-order valence-electron chi connectivity index (χ2n) is 11.2. The standard InChI is InChI=1S/C34H34FN5O5/c1-21(2)33(40-34(45)29-17-23-5-3-4-6-27(23)38-29)32(20-44)39-28(15-22-7-9-25(35)10-8-22)31(19-43)37-26(12-14-41)16-24-11-13-36-30(24)18-42/h3-10,12,17,21,24,26,28,33,36-39H,11,13,15-16H2,1-2H3,(H,40,45)/t24-,26?,28?,33?/m0/s1. The van der Waals surface area contributed by atoms with Crippen LogP contribution in [0.4, 0.5) is 4.39 Å². The third-order valence-corrected chi connectivity index (χ3v) is 7.77. The van der Waals surface area contributed by atoms with Crippen LogP contribution in [0.5, 0.6) is 0 Å². The van der Waals surface area contributed by atoms with Crippen molar-refractivity contribution in [1.82, 2.24) is 26.3 Å². The van der Waals surface area contributed by atoms with Gasteiger partial charge in [0.1, 0.15) is 46.7 Å². The molecule has 4 atom stereocenters. The molecule has 1 amide bonds. The summed E-state index contributed by atoms with van der Waals surface area (Å²) in [6.45, 7) is 4.21. The number of nitrogens with one attached hydrogen (secondary N) is 5. The highest BCUT2D eigenvalue weighted by molar-refractivity contribution is 5.98. The predicted octanol–water partition coefficient (Wildman–Crippen LogP) is 2.75. The van der Waals surface area contributed by atoms with Gasteiger partial charge in [-0.3, -0.25) is 4.79 Å². The summed E-state index contributed by atoms with van der Waals surface area (Å²) in [5.74, 6) is 6.02. The largest absolute Gasteiger partial charge is 0.379 e. The second-order valence-corrected chi connectivity index (χ2v) is 11.2. The summed E-state index contributed by atoms with van der Waals surface area (Å²) in [6, 6.07) is 12.3. The van der Waals surface area contributed by atoms with Crippen molar-refractivity contribution >= 4 is 40.6 Å². The Morgan fingerprint density at radius 1 is 1.00 bits per heavy atom. The van der Waals surface area contributed by atoms with Crippen LogP contribution in [0.3, 0.4) is 0 Å². The summed E-state index contributed by atoms with van der Waals surface area (Å²) < 4.78 is 13.7. The van der Waals surface area contributed by atoms with Gasteiger partial charge in [-0.25, -0.2) is 23.6 Å². The first-order valence-electron chi connectivity index (χ1n) is 14.6. The van der Waals surface area contributed by atoms with Gasteiger partial charge >= 0.3 is 0 Å². The number of benzene rings is 2. The Bertz CT molecular complexity index is 1690. The van der Waals surface area contributed by atoms with Gasteiger partial charge in [0.15, 0.2) is 0 Å². The number of carbonyl (C=O) groups excluding carboxylic acids is 5. The van der Waals surface area contributed by atoms with E-state index in [1.54, 1.807) is 24.1 Å². The number of hydrogen-bond donors (Lipinski definition) is 5. The molecule has 0 aliphatic carbocycles. The van der Waals surface area contributed by atoms with Crippen LogP contribution in [0.1, 0.15) is 42.7 Å². The van der Waals surface area contributed by atoms with Crippen molar-refractivity contribution in [3.05, 3.63) is 94.8 Å². The second kappa shape index (κ2) is 15.3. The molecule has 1 aliphatic rings. The molecule has 0 spiro atoms. The van der Waals surface area contributed by atoms with Gasteiger partial charge in [0.25, 0.3) is 5.91 Å². The number of halogens is 1. The van der Waals surface area contributed by atoms with Crippen LogP contribution in [0.25, 0.3) is 10.9 Å². The fourth-order valence-corrected chi connectivity index (χ4v) is 5.42. The highest BCUT2D eigenvalue weighted by Crippen LogP contribution is 2.24. The zero-order valence-corrected chi connectivity index (χ0v) is 24.9. The third-order valence-electron chi connectivity index (χ3n) is 7.77. The van der Waals surface area contributed by atoms with Crippen LogP contribution in [0, 0.1) is 17.7 Å². The van der Waals surface area contributed by atoms with Crippen molar-refractivity contribution in [2.45, 2.75) is 51.2 Å². The van der Waals surface area contributed by atoms with Crippen LogP contribution in [-0.2, 0) is 25.6 Å². The molecule has 11 heteroatoms. The number of allylic oxidation sites excluding steroid dienone is 1. The lowest BCUT2D eigenvalue weighted by Gasteiger charge is -2.29. The number of carbonyl (C=O) groups is 1. The number of aromatic nitrogens is 1. The maximum Gasteiger partial charge on any atom is 0.268 e. The SMILES string of the molecule is CC(C)C(NC(=O)c1cc2ccccc2[nH]1)C(=C=O)NC(Cc1ccc(F)cc1)C(=C=O)NC(C=C=O)C[C@@H]1CCNC1=C=O. The minimum absolute atomic E-state index is 0.0234. The first-order valence-corrected chi connectivity index (χ1v) is 14.6. The summed E-state index contributed by atoms with van der Waals surface area (Å²) in [4.78, 5) is 63.9. The van der Waals surface area contributed by atoms with Gasteiger partial charge in [0.2, 0.25) is 0 Å². The summed E-state index contributed by atoms with van der Waals surface area (Å²) >= 11 is 0. The lowest BCUT2D eigenvalue weighted by Crippen LogP contribution is -2.49. The maximum absolute atomic E-state index is 13.7. The smallest absolute Gasteiger partial charge is 0.268 e. The van der Waals surface area contributed by atoms with E-state index in [-0.39, 0.29) is 36.1 Å². The van der Waals surface area contributed by atoms with Crippen molar-refractivity contribution in [1.29, 1.82) is 0 Å². The van der Waals surface area contributed by atoms with Crippen LogP contribution in [0.15, 0.2) is 77.8 Å². The Morgan fingerprint density at radius 2 is 1.73 bits per heavy atom. The summed E-state index contributed by atoms with van der Waals surface area (Å²) in [6.07, 6.45) is 2.23. The van der Waals surface area contributed by atoms with E-state index in [1.165, 1.54) is 18.2 Å². The van der Waals surface area contributed by atoms with Gasteiger partial charge in [0, 0.05) is 29.4 Å². The number of fused-ring (bicyclic) bond motifs is 1. The lowest BCUT2D eigenvalue weighted by atomic mass is 9.95. The Balaban J connectivity index is 1.61. The molecule has 3 unspecified atom stereocenters. The maximum atomic E-state index is 13.7. The van der Waals surface area contributed by atoms with E-state index in [0.29, 0.717) is 29.9 Å². The number of amides is 1. The molecule has 10 nitrogen and oxygen atoms in total. The van der Waals surface area contributed by atoms with Gasteiger partial charge in [-0.15, -0.1) is 0 Å². The molecule has 0 radical (unpaired) electrons. The summed E-state index contributed by atoms with van der Waals surface area (Å²) in [5.41, 5.74) is 2.04. The van der Waals surface area contributed by atoms with Crippen molar-refractivity contribution in [2.24, 2.45) is 11.8 Å². The Kier molecular flexibility index (Phi) is 11.1. The molecule has 0 saturated carbocycles. The van der Waals surface area contributed by atoms with E-state index in [2.05, 4.69) is 26.3 Å². The van der Waals surface area contributed by atoms with Crippen molar-refractivity contribution in [3.8, 4) is 0 Å². The van der Waals surface area contributed by atoms with Crippen LogP contribution < -0.4 is 21.3 Å². The van der Waals surface area contributed by atoms with Crippen LogP contribution in [-0.4, -0.2) is 59.3 Å². The Morgan fingerprint density at radius 3 is 2.38 bits per heavy atom. The Hall–Kier alpha value is -5.42. The quantitative estimate of drug-likeness (QED) is 0.175. The molecular formula is C34H34FN5O5. The molecule has 0 bridgehead atoms. The highest BCUT2D eigenvalue weighted by Gasteiger charge is 2.30. The monoisotopic (exact) mass is 611 g/mol. The van der Waals surface area contributed by atoms with E-state index in [0.717, 1.165) is 10.9 Å². The number of aromatic amines is 1. The van der Waals surface area contributed by atoms with Crippen molar-refractivity contribution < 1.29 is 28.4 Å². The van der Waals surface area contributed by atoms with Crippen molar-refractivity contribution in [2.75, 3.05) is 6.54 Å². The number of H-pyrrole nitrogens is 1. The summed E-state index contributed by atoms with van der Waals surface area (Å²) in [5, 5.41) is 12.8. The fraction of sp³-hybridized carbons (Fsp3) is 0.324. The van der Waals surface area contributed by atoms with E-state index in [9.17, 15) is 28.4 Å². The molecule has 45 heavy (non-hydrogen) atoms. The van der Waals surface area contributed by atoms with Gasteiger partial charge in [-0.1, -0.05) is 44.2 Å². The van der Waals surface area contributed by atoms with E-state index in [1.807, 2.05) is 55.9 Å². The minimum Gasteiger partial charge on any atom is -0.379 e. The predicted molar refractivity (Wildman–Crippen MR) is 167 cm³/mol. The molecule has 1 saturated heterocycles. The number of rotatable bonds is 14. The van der Waals surface area contributed by atoms with Gasteiger partial charge in [-0.05, 0) is 55.0 Å². The molecule has 1 fully saturated rings. The molecule has 1 aliphatic heterocycles. The van der Waals surface area contributed by atoms with Gasteiger partial charge in [0.05, 0.1) is 23.8 Å². The zero-order chi connectivity index (χ0) is 32.3. The fourth-order valence-electron chi connectivity index (χ4n) is 5.42. The first kappa shape index (κ1) is 32.5. The molecule has 232 valence electrons. The van der Waals surface area contributed by atoms with E-state index < -0.39 is 29.8 Å². The average molecular weight is 612 g/mol. The molecule has 1 aromatic heterocycles. The van der Waals surface area contributed by atoms with Gasteiger partial charge < -0.3 is 26.3 Å². The minimum atomic E-state index is -0.930. The zero-order valence-electron chi connectivity index (χ0n) is 24.9. The Labute approximate surface area is 259 Å². The summed E-state index contributed by atoms with van der Waals surface area (Å²) in [7, 11) is 0. The molecular weight excluding hydrogens is 577 g/mol. The van der Waals surface area contributed by atoms with Crippen molar-refractivity contribution in [3.63, 3.8) is 0 Å². The normalized spacial score (nSPS) is 15.8. The average Bonchev–Trinajstić information content (AvgIpc) is 3.68. The third kappa shape index (κ3) is 8.36. The topological polar surface area (TPSA) is 149 Å². The van der Waals surface area contributed by atoms with Crippen LogP contribution >= 0.6 is 0 Å². The molecule has 3 aromatic rings. The molecule has 4 rings (SSSR count).